The molecule has 0 saturated heterocycles. The summed E-state index contributed by atoms with van der Waals surface area (Å²) in [6.07, 6.45) is 4.26. The number of aliphatic hydroxyl groups excluding tert-OH is 1. The molecule has 1 aromatic rings. The predicted octanol–water partition coefficient (Wildman–Crippen LogP) is 4.58. The van der Waals surface area contributed by atoms with E-state index in [0.29, 0.717) is 4.91 Å². The topological polar surface area (TPSA) is 37.3 Å². The number of hydrogen-bond acceptors (Lipinski definition) is 2. The molecule has 21 heavy (non-hydrogen) atoms. The summed E-state index contributed by atoms with van der Waals surface area (Å²) in [5.41, 5.74) is 0.821. The Morgan fingerprint density at radius 3 is 2.33 bits per heavy atom. The third-order valence-electron chi connectivity index (χ3n) is 3.44. The molecule has 1 aromatic carbocycles. The quantitative estimate of drug-likeness (QED) is 0.781. The van der Waals surface area contributed by atoms with E-state index in [9.17, 15) is 9.32 Å². The monoisotopic (exact) mass is 308 g/mol. The first kappa shape index (κ1) is 18.1. The lowest BCUT2D eigenvalue weighted by Crippen LogP contribution is -2.29. The molecular formula is C18H28O2S. The molecular weight excluding hydrogens is 280 g/mol. The SMILES string of the molecule is CCCC/C=C(\[C@H](O)C(C)(C)C)[S@@](=O)c1ccc(C)cc1. The van der Waals surface area contributed by atoms with Gasteiger partial charge in [0.05, 0.1) is 16.9 Å². The fraction of sp³-hybridized carbons (Fsp3) is 0.556. The number of unbranched alkanes of at least 4 members (excludes halogenated alkanes) is 2. The van der Waals surface area contributed by atoms with E-state index in [1.165, 1.54) is 0 Å². The summed E-state index contributed by atoms with van der Waals surface area (Å²) in [4.78, 5) is 1.39. The third-order valence-corrected chi connectivity index (χ3v) is 4.96. The minimum absolute atomic E-state index is 0.321. The van der Waals surface area contributed by atoms with E-state index in [1.807, 2.05) is 58.0 Å². The van der Waals surface area contributed by atoms with Gasteiger partial charge < -0.3 is 5.11 Å². The van der Waals surface area contributed by atoms with Crippen LogP contribution in [0.5, 0.6) is 0 Å². The molecule has 118 valence electrons. The van der Waals surface area contributed by atoms with Crippen molar-refractivity contribution < 1.29 is 9.32 Å². The molecule has 0 radical (unpaired) electrons. The normalized spacial score (nSPS) is 15.8. The molecule has 0 unspecified atom stereocenters. The summed E-state index contributed by atoms with van der Waals surface area (Å²) in [6.45, 7) is 10.0. The van der Waals surface area contributed by atoms with Gasteiger partial charge in [0.1, 0.15) is 0 Å². The van der Waals surface area contributed by atoms with Crippen LogP contribution < -0.4 is 0 Å². The molecule has 2 nitrogen and oxygen atoms in total. The number of allylic oxidation sites excluding steroid dienone is 1. The first-order chi connectivity index (χ1) is 9.77. The molecule has 0 fully saturated rings. The van der Waals surface area contributed by atoms with Gasteiger partial charge in [-0.05, 0) is 30.9 Å². The maximum Gasteiger partial charge on any atom is 0.0922 e. The molecule has 0 aromatic heterocycles. The Balaban J connectivity index is 3.08. The molecule has 0 saturated carbocycles. The Morgan fingerprint density at radius 2 is 1.86 bits per heavy atom. The Bertz CT molecular complexity index is 495. The molecule has 0 amide bonds. The summed E-state index contributed by atoms with van der Waals surface area (Å²) in [5.74, 6) is 0. The summed E-state index contributed by atoms with van der Waals surface area (Å²) in [7, 11) is -1.30. The van der Waals surface area contributed by atoms with Gasteiger partial charge in [-0.1, -0.05) is 64.3 Å². The summed E-state index contributed by atoms with van der Waals surface area (Å²) >= 11 is 0. The fourth-order valence-electron chi connectivity index (χ4n) is 1.96. The van der Waals surface area contributed by atoms with Crippen molar-refractivity contribution in [1.29, 1.82) is 0 Å². The van der Waals surface area contributed by atoms with Crippen LogP contribution >= 0.6 is 0 Å². The molecule has 0 aliphatic rings. The third kappa shape index (κ3) is 5.40. The summed E-state index contributed by atoms with van der Waals surface area (Å²) in [6, 6.07) is 7.68. The number of benzene rings is 1. The van der Waals surface area contributed by atoms with Gasteiger partial charge in [-0.15, -0.1) is 0 Å². The molecule has 0 heterocycles. The Kier molecular flexibility index (Phi) is 6.82. The van der Waals surface area contributed by atoms with Crippen LogP contribution in [0.4, 0.5) is 0 Å². The Hall–Kier alpha value is -0.930. The van der Waals surface area contributed by atoms with E-state index in [-0.39, 0.29) is 5.41 Å². The Morgan fingerprint density at radius 1 is 1.29 bits per heavy atom. The van der Waals surface area contributed by atoms with Gasteiger partial charge in [-0.2, -0.15) is 0 Å². The van der Waals surface area contributed by atoms with Gasteiger partial charge in [-0.25, -0.2) is 4.21 Å². The van der Waals surface area contributed by atoms with Crippen molar-refractivity contribution in [3.8, 4) is 0 Å². The average Bonchev–Trinajstić information content (AvgIpc) is 2.42. The van der Waals surface area contributed by atoms with Crippen molar-refractivity contribution in [2.75, 3.05) is 0 Å². The van der Waals surface area contributed by atoms with E-state index >= 15 is 0 Å². The fourth-order valence-corrected chi connectivity index (χ4v) is 3.44. The zero-order valence-corrected chi connectivity index (χ0v) is 14.7. The molecule has 0 aliphatic heterocycles. The van der Waals surface area contributed by atoms with Crippen LogP contribution in [0.3, 0.4) is 0 Å². The van der Waals surface area contributed by atoms with Gasteiger partial charge in [0.15, 0.2) is 0 Å². The predicted molar refractivity (Wildman–Crippen MR) is 90.7 cm³/mol. The van der Waals surface area contributed by atoms with E-state index < -0.39 is 16.9 Å². The second-order valence-corrected chi connectivity index (χ2v) is 8.08. The van der Waals surface area contributed by atoms with Crippen molar-refractivity contribution in [3.05, 3.63) is 40.8 Å². The van der Waals surface area contributed by atoms with E-state index in [4.69, 9.17) is 0 Å². The number of hydrogen-bond donors (Lipinski definition) is 1. The zero-order chi connectivity index (χ0) is 16.0. The van der Waals surface area contributed by atoms with Crippen molar-refractivity contribution in [2.45, 2.75) is 64.9 Å². The van der Waals surface area contributed by atoms with Crippen molar-refractivity contribution in [3.63, 3.8) is 0 Å². The summed E-state index contributed by atoms with van der Waals surface area (Å²) < 4.78 is 12.8. The highest BCUT2D eigenvalue weighted by Gasteiger charge is 2.29. The molecule has 2 atom stereocenters. The highest BCUT2D eigenvalue weighted by atomic mass is 32.2. The van der Waals surface area contributed by atoms with Gasteiger partial charge in [0.2, 0.25) is 0 Å². The minimum atomic E-state index is -1.30. The van der Waals surface area contributed by atoms with Crippen LogP contribution in [0.2, 0.25) is 0 Å². The lowest BCUT2D eigenvalue weighted by Gasteiger charge is -2.28. The average molecular weight is 308 g/mol. The van der Waals surface area contributed by atoms with Crippen LogP contribution in [0, 0.1) is 12.3 Å². The van der Waals surface area contributed by atoms with Crippen LogP contribution in [0.15, 0.2) is 40.1 Å². The maximum absolute atomic E-state index is 12.8. The molecule has 0 aliphatic carbocycles. The van der Waals surface area contributed by atoms with Crippen LogP contribution in [0.1, 0.15) is 52.5 Å². The second-order valence-electron chi connectivity index (χ2n) is 6.60. The first-order valence-corrected chi connectivity index (χ1v) is 8.79. The van der Waals surface area contributed by atoms with Gasteiger partial charge in [-0.3, -0.25) is 0 Å². The number of aryl methyl sites for hydroxylation is 1. The number of aliphatic hydroxyl groups is 1. The van der Waals surface area contributed by atoms with Crippen LogP contribution in [-0.2, 0) is 10.8 Å². The van der Waals surface area contributed by atoms with Crippen molar-refractivity contribution in [2.24, 2.45) is 5.41 Å². The largest absolute Gasteiger partial charge is 0.387 e. The summed E-state index contributed by atoms with van der Waals surface area (Å²) in [5, 5.41) is 10.6. The van der Waals surface area contributed by atoms with Gasteiger partial charge >= 0.3 is 0 Å². The first-order valence-electron chi connectivity index (χ1n) is 7.64. The molecule has 0 bridgehead atoms. The maximum atomic E-state index is 12.8. The highest BCUT2D eigenvalue weighted by molar-refractivity contribution is 7.89. The lowest BCUT2D eigenvalue weighted by molar-refractivity contribution is 0.101. The Labute approximate surface area is 131 Å². The van der Waals surface area contributed by atoms with E-state index in [1.54, 1.807) is 0 Å². The lowest BCUT2D eigenvalue weighted by atomic mass is 9.88. The smallest absolute Gasteiger partial charge is 0.0922 e. The van der Waals surface area contributed by atoms with Crippen molar-refractivity contribution >= 4 is 10.8 Å². The van der Waals surface area contributed by atoms with Gasteiger partial charge in [0, 0.05) is 9.80 Å². The van der Waals surface area contributed by atoms with Gasteiger partial charge in [0.25, 0.3) is 0 Å². The highest BCUT2D eigenvalue weighted by Crippen LogP contribution is 2.30. The standard InChI is InChI=1S/C18H28O2S/c1-6-7-8-9-16(17(19)18(3,4)5)21(20)15-12-10-14(2)11-13-15/h9-13,17,19H,6-8H2,1-5H3/b16-9+/t17-,21-/m0/s1. The molecule has 1 N–H and O–H groups in total. The second kappa shape index (κ2) is 7.90. The van der Waals surface area contributed by atoms with Crippen LogP contribution in [-0.4, -0.2) is 15.4 Å². The molecule has 1 rings (SSSR count). The molecule has 0 spiro atoms. The van der Waals surface area contributed by atoms with Crippen molar-refractivity contribution in [1.82, 2.24) is 0 Å². The zero-order valence-electron chi connectivity index (χ0n) is 13.8. The van der Waals surface area contributed by atoms with E-state index in [0.717, 1.165) is 29.7 Å². The van der Waals surface area contributed by atoms with E-state index in [2.05, 4.69) is 6.92 Å². The number of rotatable bonds is 6. The van der Waals surface area contributed by atoms with Crippen LogP contribution in [0.25, 0.3) is 0 Å². The minimum Gasteiger partial charge on any atom is -0.387 e. The molecule has 3 heteroatoms.